The Morgan fingerprint density at radius 3 is 2.56 bits per heavy atom. The van der Waals surface area contributed by atoms with Crippen LogP contribution in [0, 0.1) is 0 Å². The van der Waals surface area contributed by atoms with E-state index in [1.165, 1.54) is 18.2 Å². The zero-order chi connectivity index (χ0) is 19.2. The third-order valence-electron chi connectivity index (χ3n) is 3.43. The van der Waals surface area contributed by atoms with Gasteiger partial charge in [0, 0.05) is 23.5 Å². The number of halogens is 2. The SMILES string of the molecule is O=C(CNC(=O)c1ccc(Cl)c(Cl)c1)NCc1nc(-c2ccncc2)no1. The van der Waals surface area contributed by atoms with Gasteiger partial charge in [0.1, 0.15) is 0 Å². The first kappa shape index (κ1) is 18.8. The number of amides is 2. The fourth-order valence-corrected chi connectivity index (χ4v) is 2.38. The molecule has 2 heterocycles. The van der Waals surface area contributed by atoms with Gasteiger partial charge in [-0.3, -0.25) is 14.6 Å². The molecule has 0 unspecified atom stereocenters. The predicted octanol–water partition coefficient (Wildman–Crippen LogP) is 2.48. The molecule has 10 heteroatoms. The van der Waals surface area contributed by atoms with Crippen molar-refractivity contribution >= 4 is 35.0 Å². The van der Waals surface area contributed by atoms with Gasteiger partial charge in [0.15, 0.2) is 0 Å². The largest absolute Gasteiger partial charge is 0.345 e. The van der Waals surface area contributed by atoms with Crippen molar-refractivity contribution in [3.8, 4) is 11.4 Å². The number of benzene rings is 1. The van der Waals surface area contributed by atoms with Crippen molar-refractivity contribution in [2.24, 2.45) is 0 Å². The van der Waals surface area contributed by atoms with Gasteiger partial charge in [-0.2, -0.15) is 4.98 Å². The molecule has 1 aromatic carbocycles. The molecule has 138 valence electrons. The number of carbonyl (C=O) groups is 2. The second kappa shape index (κ2) is 8.61. The number of pyridine rings is 1. The van der Waals surface area contributed by atoms with Crippen LogP contribution in [0.3, 0.4) is 0 Å². The minimum Gasteiger partial charge on any atom is -0.345 e. The van der Waals surface area contributed by atoms with Gasteiger partial charge >= 0.3 is 0 Å². The summed E-state index contributed by atoms with van der Waals surface area (Å²) in [6, 6.07) is 7.93. The topological polar surface area (TPSA) is 110 Å². The maximum absolute atomic E-state index is 12.0. The molecular formula is C17H13Cl2N5O3. The maximum atomic E-state index is 12.0. The van der Waals surface area contributed by atoms with E-state index in [0.717, 1.165) is 5.56 Å². The smallest absolute Gasteiger partial charge is 0.251 e. The standard InChI is InChI=1S/C17H13Cl2N5O3/c18-12-2-1-11(7-13(12)19)17(26)22-8-14(25)21-9-15-23-16(24-27-15)10-3-5-20-6-4-10/h1-7H,8-9H2,(H,21,25)(H,22,26). The number of nitrogens with one attached hydrogen (secondary N) is 2. The highest BCUT2D eigenvalue weighted by atomic mass is 35.5. The van der Waals surface area contributed by atoms with Crippen molar-refractivity contribution in [2.75, 3.05) is 6.54 Å². The van der Waals surface area contributed by atoms with Crippen molar-refractivity contribution in [3.05, 3.63) is 64.2 Å². The number of aromatic nitrogens is 3. The summed E-state index contributed by atoms with van der Waals surface area (Å²) in [5.41, 5.74) is 1.05. The van der Waals surface area contributed by atoms with Crippen molar-refractivity contribution in [3.63, 3.8) is 0 Å². The van der Waals surface area contributed by atoms with Crippen LogP contribution in [0.2, 0.25) is 10.0 Å². The summed E-state index contributed by atoms with van der Waals surface area (Å²) in [6.07, 6.45) is 3.23. The van der Waals surface area contributed by atoms with Crippen LogP contribution in [0.4, 0.5) is 0 Å². The Morgan fingerprint density at radius 1 is 1.04 bits per heavy atom. The van der Waals surface area contributed by atoms with E-state index >= 15 is 0 Å². The summed E-state index contributed by atoms with van der Waals surface area (Å²) < 4.78 is 5.08. The molecule has 0 aliphatic rings. The van der Waals surface area contributed by atoms with E-state index in [-0.39, 0.29) is 24.0 Å². The monoisotopic (exact) mass is 405 g/mol. The molecule has 0 aliphatic carbocycles. The van der Waals surface area contributed by atoms with Crippen LogP contribution >= 0.6 is 23.2 Å². The van der Waals surface area contributed by atoms with Gasteiger partial charge in [0.05, 0.1) is 23.1 Å². The van der Waals surface area contributed by atoms with Gasteiger partial charge < -0.3 is 15.2 Å². The van der Waals surface area contributed by atoms with Crippen molar-refractivity contribution < 1.29 is 14.1 Å². The molecule has 2 N–H and O–H groups in total. The predicted molar refractivity (Wildman–Crippen MR) is 98.2 cm³/mol. The Kier molecular flexibility index (Phi) is 6.00. The Bertz CT molecular complexity index is 962. The number of hydrogen-bond acceptors (Lipinski definition) is 6. The van der Waals surface area contributed by atoms with E-state index in [2.05, 4.69) is 25.8 Å². The van der Waals surface area contributed by atoms with Crippen LogP contribution in [0.25, 0.3) is 11.4 Å². The third kappa shape index (κ3) is 5.02. The van der Waals surface area contributed by atoms with Gasteiger partial charge in [-0.15, -0.1) is 0 Å². The highest BCUT2D eigenvalue weighted by molar-refractivity contribution is 6.42. The lowest BCUT2D eigenvalue weighted by molar-refractivity contribution is -0.120. The van der Waals surface area contributed by atoms with Gasteiger partial charge in [-0.1, -0.05) is 28.4 Å². The number of carbonyl (C=O) groups excluding carboxylic acids is 2. The average molecular weight is 406 g/mol. The van der Waals surface area contributed by atoms with Crippen LogP contribution < -0.4 is 10.6 Å². The summed E-state index contributed by atoms with van der Waals surface area (Å²) in [5, 5.41) is 9.51. The van der Waals surface area contributed by atoms with Crippen molar-refractivity contribution in [1.82, 2.24) is 25.8 Å². The van der Waals surface area contributed by atoms with Gasteiger partial charge in [-0.05, 0) is 30.3 Å². The molecule has 0 saturated carbocycles. The summed E-state index contributed by atoms with van der Waals surface area (Å²) in [4.78, 5) is 32.0. The first-order valence-corrected chi connectivity index (χ1v) is 8.51. The first-order valence-electron chi connectivity index (χ1n) is 7.76. The van der Waals surface area contributed by atoms with Crippen LogP contribution in [-0.2, 0) is 11.3 Å². The molecular weight excluding hydrogens is 393 g/mol. The molecule has 0 spiro atoms. The summed E-state index contributed by atoms with van der Waals surface area (Å²) in [6.45, 7) is -0.177. The van der Waals surface area contributed by atoms with Crippen LogP contribution in [-0.4, -0.2) is 33.5 Å². The van der Waals surface area contributed by atoms with E-state index in [0.29, 0.717) is 16.4 Å². The lowest BCUT2D eigenvalue weighted by Crippen LogP contribution is -2.36. The molecule has 0 radical (unpaired) electrons. The molecule has 0 saturated heterocycles. The number of rotatable bonds is 6. The molecule has 27 heavy (non-hydrogen) atoms. The fraction of sp³-hybridized carbons (Fsp3) is 0.118. The Balaban J connectivity index is 1.48. The molecule has 2 amide bonds. The highest BCUT2D eigenvalue weighted by Crippen LogP contribution is 2.22. The lowest BCUT2D eigenvalue weighted by Gasteiger charge is -2.06. The molecule has 3 rings (SSSR count). The van der Waals surface area contributed by atoms with Gasteiger partial charge in [0.25, 0.3) is 5.91 Å². The molecule has 8 nitrogen and oxygen atoms in total. The quantitative estimate of drug-likeness (QED) is 0.651. The molecule has 3 aromatic rings. The molecule has 0 bridgehead atoms. The molecule has 0 aliphatic heterocycles. The van der Waals surface area contributed by atoms with Crippen LogP contribution in [0.5, 0.6) is 0 Å². The summed E-state index contributed by atoms with van der Waals surface area (Å²) in [5.74, 6) is -0.214. The summed E-state index contributed by atoms with van der Waals surface area (Å²) in [7, 11) is 0. The maximum Gasteiger partial charge on any atom is 0.251 e. The van der Waals surface area contributed by atoms with E-state index < -0.39 is 11.8 Å². The fourth-order valence-electron chi connectivity index (χ4n) is 2.08. The normalized spacial score (nSPS) is 10.4. The third-order valence-corrected chi connectivity index (χ3v) is 4.17. The average Bonchev–Trinajstić information content (AvgIpc) is 3.16. The Labute approximate surface area is 163 Å². The Hall–Kier alpha value is -2.97. The van der Waals surface area contributed by atoms with Crippen LogP contribution in [0.1, 0.15) is 16.2 Å². The highest BCUT2D eigenvalue weighted by Gasteiger charge is 2.12. The zero-order valence-corrected chi connectivity index (χ0v) is 15.3. The van der Waals surface area contributed by atoms with Gasteiger partial charge in [-0.25, -0.2) is 0 Å². The summed E-state index contributed by atoms with van der Waals surface area (Å²) >= 11 is 11.7. The van der Waals surface area contributed by atoms with E-state index in [1.807, 2.05) is 0 Å². The number of hydrogen-bond donors (Lipinski definition) is 2. The van der Waals surface area contributed by atoms with Crippen molar-refractivity contribution in [2.45, 2.75) is 6.54 Å². The molecule has 0 atom stereocenters. The zero-order valence-electron chi connectivity index (χ0n) is 13.8. The van der Waals surface area contributed by atoms with E-state index in [4.69, 9.17) is 27.7 Å². The number of nitrogens with zero attached hydrogens (tertiary/aromatic N) is 3. The van der Waals surface area contributed by atoms with Gasteiger partial charge in [0.2, 0.25) is 17.6 Å². The second-order valence-corrected chi connectivity index (χ2v) is 6.15. The van der Waals surface area contributed by atoms with Crippen LogP contribution in [0.15, 0.2) is 47.2 Å². The second-order valence-electron chi connectivity index (χ2n) is 5.34. The van der Waals surface area contributed by atoms with Crippen molar-refractivity contribution in [1.29, 1.82) is 0 Å². The van der Waals surface area contributed by atoms with E-state index in [1.54, 1.807) is 24.5 Å². The first-order chi connectivity index (χ1) is 13.0. The van der Waals surface area contributed by atoms with E-state index in [9.17, 15) is 9.59 Å². The minimum absolute atomic E-state index is 0.0412. The molecule has 2 aromatic heterocycles. The molecule has 0 fully saturated rings. The lowest BCUT2D eigenvalue weighted by atomic mass is 10.2. The minimum atomic E-state index is -0.443. The Morgan fingerprint density at radius 2 is 1.81 bits per heavy atom.